The van der Waals surface area contributed by atoms with Gasteiger partial charge in [0.2, 0.25) is 0 Å². The Morgan fingerprint density at radius 2 is 1.80 bits per heavy atom. The highest BCUT2D eigenvalue weighted by Gasteiger charge is 2.36. The molecule has 1 saturated carbocycles. The highest BCUT2D eigenvalue weighted by molar-refractivity contribution is 6.33. The second kappa shape index (κ2) is 6.11. The summed E-state index contributed by atoms with van der Waals surface area (Å²) >= 11 is 12.2. The Balaban J connectivity index is 1.68. The first-order valence-electron chi connectivity index (χ1n) is 7.68. The number of nitrogens with zero attached hydrogens (tertiary/aromatic N) is 2. The van der Waals surface area contributed by atoms with Gasteiger partial charge in [-0.15, -0.1) is 11.6 Å². The van der Waals surface area contributed by atoms with Crippen molar-refractivity contribution in [1.29, 1.82) is 0 Å². The van der Waals surface area contributed by atoms with Crippen LogP contribution >= 0.6 is 23.2 Å². The van der Waals surface area contributed by atoms with Crippen molar-refractivity contribution in [2.75, 3.05) is 18.0 Å². The second-order valence-corrected chi connectivity index (χ2v) is 7.00. The van der Waals surface area contributed by atoms with Gasteiger partial charge in [-0.3, -0.25) is 0 Å². The summed E-state index contributed by atoms with van der Waals surface area (Å²) in [4.78, 5) is 6.86. The maximum atomic E-state index is 6.36. The predicted octanol–water partition coefficient (Wildman–Crippen LogP) is 5.02. The van der Waals surface area contributed by atoms with Gasteiger partial charge >= 0.3 is 0 Å². The van der Waals surface area contributed by atoms with Crippen LogP contribution in [-0.2, 0) is 5.88 Å². The molecule has 1 aliphatic heterocycles. The molecule has 0 aromatic carbocycles. The molecule has 1 saturated heterocycles. The molecule has 4 heteroatoms. The monoisotopic (exact) mass is 312 g/mol. The van der Waals surface area contributed by atoms with Gasteiger partial charge in [-0.25, -0.2) is 4.98 Å². The number of hydrogen-bond acceptors (Lipinski definition) is 2. The topological polar surface area (TPSA) is 16.1 Å². The van der Waals surface area contributed by atoms with E-state index in [9.17, 15) is 0 Å². The van der Waals surface area contributed by atoms with Crippen LogP contribution < -0.4 is 4.90 Å². The van der Waals surface area contributed by atoms with Crippen LogP contribution in [0.3, 0.4) is 0 Å². The average Bonchev–Trinajstić information content (AvgIpc) is 2.49. The fraction of sp³-hybridized carbons (Fsp3) is 0.688. The summed E-state index contributed by atoms with van der Waals surface area (Å²) in [7, 11) is 0. The van der Waals surface area contributed by atoms with E-state index in [0.717, 1.165) is 29.5 Å². The lowest BCUT2D eigenvalue weighted by Crippen LogP contribution is -2.41. The van der Waals surface area contributed by atoms with Crippen LogP contribution in [0, 0.1) is 5.41 Å². The molecule has 1 aromatic rings. The van der Waals surface area contributed by atoms with Gasteiger partial charge in [-0.05, 0) is 42.7 Å². The summed E-state index contributed by atoms with van der Waals surface area (Å²) in [6, 6.07) is 1.95. The Bertz CT molecular complexity index is 460. The molecule has 2 heterocycles. The summed E-state index contributed by atoms with van der Waals surface area (Å²) in [5.41, 5.74) is 1.61. The van der Waals surface area contributed by atoms with Crippen molar-refractivity contribution in [1.82, 2.24) is 4.98 Å². The Morgan fingerprint density at radius 3 is 2.40 bits per heavy atom. The first kappa shape index (κ1) is 14.5. The van der Waals surface area contributed by atoms with E-state index in [2.05, 4.69) is 9.88 Å². The number of pyridine rings is 1. The SMILES string of the molecule is ClCc1cnc(N2CCC3(CCCCC3)CC2)c(Cl)c1. The van der Waals surface area contributed by atoms with Gasteiger partial charge in [0.1, 0.15) is 5.82 Å². The number of halogens is 2. The predicted molar refractivity (Wildman–Crippen MR) is 85.8 cm³/mol. The fourth-order valence-electron chi connectivity index (χ4n) is 3.77. The molecular weight excluding hydrogens is 291 g/mol. The normalized spacial score (nSPS) is 22.2. The van der Waals surface area contributed by atoms with Crippen LogP contribution in [0.5, 0.6) is 0 Å². The van der Waals surface area contributed by atoms with Crippen molar-refractivity contribution < 1.29 is 0 Å². The molecule has 3 rings (SSSR count). The number of alkyl halides is 1. The van der Waals surface area contributed by atoms with Crippen LogP contribution in [0.4, 0.5) is 5.82 Å². The standard InChI is InChI=1S/C16H22Cl2N2/c17-11-13-10-14(18)15(19-12-13)20-8-6-16(7-9-20)4-2-1-3-5-16/h10,12H,1-9,11H2. The third-order valence-corrected chi connectivity index (χ3v) is 5.66. The maximum Gasteiger partial charge on any atom is 0.147 e. The number of anilines is 1. The lowest BCUT2D eigenvalue weighted by atomic mass is 9.68. The van der Waals surface area contributed by atoms with E-state index in [1.165, 1.54) is 44.9 Å². The zero-order valence-electron chi connectivity index (χ0n) is 11.9. The van der Waals surface area contributed by atoms with Crippen molar-refractivity contribution in [2.45, 2.75) is 50.8 Å². The molecule has 2 nitrogen and oxygen atoms in total. The van der Waals surface area contributed by atoms with Crippen LogP contribution in [0.1, 0.15) is 50.5 Å². The molecule has 0 unspecified atom stereocenters. The highest BCUT2D eigenvalue weighted by Crippen LogP contribution is 2.45. The first-order chi connectivity index (χ1) is 9.72. The molecule has 20 heavy (non-hydrogen) atoms. The summed E-state index contributed by atoms with van der Waals surface area (Å²) in [6.45, 7) is 2.18. The summed E-state index contributed by atoms with van der Waals surface area (Å²) in [5, 5.41) is 0.739. The largest absolute Gasteiger partial charge is 0.355 e. The van der Waals surface area contributed by atoms with Gasteiger partial charge < -0.3 is 4.90 Å². The van der Waals surface area contributed by atoms with Gasteiger partial charge in [0.25, 0.3) is 0 Å². The van der Waals surface area contributed by atoms with E-state index in [4.69, 9.17) is 23.2 Å². The molecule has 1 spiro atoms. The molecular formula is C16H22Cl2N2. The summed E-state index contributed by atoms with van der Waals surface area (Å²) in [6.07, 6.45) is 11.6. The minimum absolute atomic E-state index is 0.468. The zero-order chi connectivity index (χ0) is 14.0. The molecule has 1 aromatic heterocycles. The minimum atomic E-state index is 0.468. The van der Waals surface area contributed by atoms with Crippen LogP contribution in [0.25, 0.3) is 0 Å². The van der Waals surface area contributed by atoms with Crippen molar-refractivity contribution in [2.24, 2.45) is 5.41 Å². The van der Waals surface area contributed by atoms with Crippen molar-refractivity contribution in [3.63, 3.8) is 0 Å². The van der Waals surface area contributed by atoms with Gasteiger partial charge in [0.15, 0.2) is 0 Å². The number of rotatable bonds is 2. The lowest BCUT2D eigenvalue weighted by Gasteiger charge is -2.44. The number of aromatic nitrogens is 1. The van der Waals surface area contributed by atoms with Gasteiger partial charge in [0, 0.05) is 25.2 Å². The van der Waals surface area contributed by atoms with E-state index < -0.39 is 0 Å². The summed E-state index contributed by atoms with van der Waals surface area (Å²) in [5.74, 6) is 1.40. The Kier molecular flexibility index (Phi) is 4.42. The van der Waals surface area contributed by atoms with E-state index in [1.807, 2.05) is 12.3 Å². The first-order valence-corrected chi connectivity index (χ1v) is 8.59. The van der Waals surface area contributed by atoms with Gasteiger partial charge in [0.05, 0.1) is 5.02 Å². The lowest BCUT2D eigenvalue weighted by molar-refractivity contribution is 0.144. The minimum Gasteiger partial charge on any atom is -0.355 e. The molecule has 110 valence electrons. The Hall–Kier alpha value is -0.470. The Labute approximate surface area is 131 Å². The Morgan fingerprint density at radius 1 is 1.10 bits per heavy atom. The van der Waals surface area contributed by atoms with Crippen LogP contribution in [0.15, 0.2) is 12.3 Å². The molecule has 0 N–H and O–H groups in total. The fourth-order valence-corrected chi connectivity index (χ4v) is 4.23. The molecule has 1 aliphatic carbocycles. The molecule has 0 amide bonds. The summed E-state index contributed by atoms with van der Waals surface area (Å²) < 4.78 is 0. The van der Waals surface area contributed by atoms with Gasteiger partial charge in [-0.2, -0.15) is 0 Å². The highest BCUT2D eigenvalue weighted by atomic mass is 35.5. The van der Waals surface area contributed by atoms with Crippen molar-refractivity contribution in [3.8, 4) is 0 Å². The van der Waals surface area contributed by atoms with Crippen molar-refractivity contribution in [3.05, 3.63) is 22.8 Å². The van der Waals surface area contributed by atoms with Gasteiger partial charge in [-0.1, -0.05) is 30.9 Å². The molecule has 0 atom stereocenters. The maximum absolute atomic E-state index is 6.36. The molecule has 2 aliphatic rings. The molecule has 0 bridgehead atoms. The zero-order valence-corrected chi connectivity index (χ0v) is 13.4. The second-order valence-electron chi connectivity index (χ2n) is 6.33. The van der Waals surface area contributed by atoms with E-state index in [1.54, 1.807) is 0 Å². The quantitative estimate of drug-likeness (QED) is 0.712. The van der Waals surface area contributed by atoms with Crippen LogP contribution in [0.2, 0.25) is 5.02 Å². The van der Waals surface area contributed by atoms with E-state index in [0.29, 0.717) is 11.3 Å². The van der Waals surface area contributed by atoms with Crippen LogP contribution in [-0.4, -0.2) is 18.1 Å². The van der Waals surface area contributed by atoms with Crippen molar-refractivity contribution >= 4 is 29.0 Å². The average molecular weight is 313 g/mol. The van der Waals surface area contributed by atoms with E-state index in [-0.39, 0.29) is 0 Å². The molecule has 2 fully saturated rings. The number of hydrogen-bond donors (Lipinski definition) is 0. The number of piperidine rings is 1. The smallest absolute Gasteiger partial charge is 0.147 e. The third kappa shape index (κ3) is 2.92. The third-order valence-electron chi connectivity index (χ3n) is 5.07. The van der Waals surface area contributed by atoms with E-state index >= 15 is 0 Å². The molecule has 0 radical (unpaired) electrons.